The average Bonchev–Trinajstić information content (AvgIpc) is 3.75. The van der Waals surface area contributed by atoms with Gasteiger partial charge in [0.2, 0.25) is 11.8 Å². The second-order valence-corrected chi connectivity index (χ2v) is 10.9. The number of carbonyl (C=O) groups is 3. The summed E-state index contributed by atoms with van der Waals surface area (Å²) in [5, 5.41) is 5.02. The summed E-state index contributed by atoms with van der Waals surface area (Å²) in [6.07, 6.45) is 1.93. The van der Waals surface area contributed by atoms with Crippen LogP contribution >= 0.6 is 11.3 Å². The minimum absolute atomic E-state index is 0.0101. The van der Waals surface area contributed by atoms with Crippen LogP contribution in [0.2, 0.25) is 0 Å². The number of thiazole rings is 1. The van der Waals surface area contributed by atoms with Crippen molar-refractivity contribution in [3.8, 4) is 11.5 Å². The molecule has 0 radical (unpaired) electrons. The average molecular weight is 578 g/mol. The van der Waals surface area contributed by atoms with E-state index in [9.17, 15) is 14.4 Å². The van der Waals surface area contributed by atoms with Gasteiger partial charge in [0.15, 0.2) is 5.13 Å². The molecule has 0 bridgehead atoms. The first-order valence-electron chi connectivity index (χ1n) is 13.9. The molecule has 2 aliphatic rings. The van der Waals surface area contributed by atoms with E-state index in [-0.39, 0.29) is 36.7 Å². The Bertz CT molecular complexity index is 1370. The van der Waals surface area contributed by atoms with Gasteiger partial charge < -0.3 is 29.5 Å². The maximum Gasteiger partial charge on any atom is 0.254 e. The molecule has 0 atom stereocenters. The van der Waals surface area contributed by atoms with E-state index in [2.05, 4.69) is 15.2 Å². The molecule has 1 aliphatic heterocycles. The highest BCUT2D eigenvalue weighted by Crippen LogP contribution is 2.30. The van der Waals surface area contributed by atoms with Crippen molar-refractivity contribution in [2.45, 2.75) is 32.2 Å². The van der Waals surface area contributed by atoms with Crippen molar-refractivity contribution in [1.29, 1.82) is 0 Å². The van der Waals surface area contributed by atoms with Crippen molar-refractivity contribution in [2.24, 2.45) is 0 Å². The van der Waals surface area contributed by atoms with Gasteiger partial charge in [-0.1, -0.05) is 12.1 Å². The van der Waals surface area contributed by atoms with E-state index in [1.54, 1.807) is 41.7 Å². The van der Waals surface area contributed by atoms with E-state index >= 15 is 0 Å². The molecular weight excluding hydrogens is 542 g/mol. The van der Waals surface area contributed by atoms with Crippen LogP contribution in [-0.4, -0.2) is 85.0 Å². The van der Waals surface area contributed by atoms with Crippen molar-refractivity contribution in [1.82, 2.24) is 14.8 Å². The monoisotopic (exact) mass is 577 g/mol. The fourth-order valence-electron chi connectivity index (χ4n) is 4.87. The summed E-state index contributed by atoms with van der Waals surface area (Å²) in [5.41, 5.74) is 2.18. The zero-order chi connectivity index (χ0) is 28.8. The van der Waals surface area contributed by atoms with E-state index in [0.29, 0.717) is 41.8 Å². The molecule has 2 aromatic carbocycles. The normalized spacial score (nSPS) is 14.9. The number of hydrogen-bond acceptors (Lipinski definition) is 8. The second kappa shape index (κ2) is 13.0. The number of hydrogen-bond donors (Lipinski definition) is 1. The zero-order valence-electron chi connectivity index (χ0n) is 23.4. The van der Waals surface area contributed by atoms with Gasteiger partial charge in [0.1, 0.15) is 18.0 Å². The molecule has 5 rings (SSSR count). The lowest BCUT2D eigenvalue weighted by atomic mass is 10.2. The Kier molecular flexibility index (Phi) is 9.03. The molecule has 0 unspecified atom stereocenters. The molecule has 2 fully saturated rings. The molecule has 10 nitrogen and oxygen atoms in total. The van der Waals surface area contributed by atoms with Gasteiger partial charge in [-0.3, -0.25) is 14.4 Å². The predicted molar refractivity (Wildman–Crippen MR) is 158 cm³/mol. The fraction of sp³-hybridized carbons (Fsp3) is 0.400. The summed E-state index contributed by atoms with van der Waals surface area (Å²) in [4.78, 5) is 49.1. The van der Waals surface area contributed by atoms with E-state index < -0.39 is 0 Å². The van der Waals surface area contributed by atoms with Crippen LogP contribution in [0.3, 0.4) is 0 Å². The van der Waals surface area contributed by atoms with Gasteiger partial charge in [0.05, 0.1) is 31.5 Å². The Labute approximate surface area is 243 Å². The molecule has 0 spiro atoms. The number of ether oxygens (including phenoxy) is 2. The summed E-state index contributed by atoms with van der Waals surface area (Å²) >= 11 is 1.28. The van der Waals surface area contributed by atoms with E-state index in [1.165, 1.54) is 11.3 Å². The van der Waals surface area contributed by atoms with E-state index in [4.69, 9.17) is 9.47 Å². The van der Waals surface area contributed by atoms with Crippen molar-refractivity contribution in [2.75, 3.05) is 56.7 Å². The van der Waals surface area contributed by atoms with Crippen LogP contribution in [0, 0.1) is 0 Å². The highest BCUT2D eigenvalue weighted by Gasteiger charge is 2.34. The molecule has 11 heteroatoms. The van der Waals surface area contributed by atoms with Crippen molar-refractivity contribution < 1.29 is 23.9 Å². The maximum atomic E-state index is 13.1. The topological polar surface area (TPSA) is 104 Å². The Morgan fingerprint density at radius 3 is 2.46 bits per heavy atom. The fourth-order valence-corrected chi connectivity index (χ4v) is 5.60. The number of nitrogens with one attached hydrogen (secondary N) is 1. The summed E-state index contributed by atoms with van der Waals surface area (Å²) in [6, 6.07) is 14.9. The molecule has 1 aromatic heterocycles. The van der Waals surface area contributed by atoms with Crippen molar-refractivity contribution in [3.63, 3.8) is 0 Å². The molecular formula is C30H35N5O5S. The molecule has 3 amide bonds. The lowest BCUT2D eigenvalue weighted by Crippen LogP contribution is -2.49. The third kappa shape index (κ3) is 7.15. The van der Waals surface area contributed by atoms with Gasteiger partial charge in [-0.05, 0) is 56.2 Å². The highest BCUT2D eigenvalue weighted by atomic mass is 32.1. The van der Waals surface area contributed by atoms with Crippen LogP contribution in [0.4, 0.5) is 10.8 Å². The number of nitrogens with zero attached hydrogens (tertiary/aromatic N) is 4. The summed E-state index contributed by atoms with van der Waals surface area (Å²) in [6.45, 7) is 5.20. The van der Waals surface area contributed by atoms with Crippen molar-refractivity contribution in [3.05, 3.63) is 65.2 Å². The first-order valence-corrected chi connectivity index (χ1v) is 14.8. The molecule has 1 saturated carbocycles. The number of piperazine rings is 1. The van der Waals surface area contributed by atoms with E-state index in [0.717, 1.165) is 37.4 Å². The maximum absolute atomic E-state index is 13.1. The Morgan fingerprint density at radius 2 is 1.78 bits per heavy atom. The number of benzene rings is 2. The summed E-state index contributed by atoms with van der Waals surface area (Å²) < 4.78 is 10.9. The van der Waals surface area contributed by atoms with Crippen molar-refractivity contribution >= 4 is 39.9 Å². The van der Waals surface area contributed by atoms with Gasteiger partial charge >= 0.3 is 0 Å². The first kappa shape index (κ1) is 28.4. The lowest BCUT2D eigenvalue weighted by Gasteiger charge is -2.36. The first-order chi connectivity index (χ1) is 19.9. The van der Waals surface area contributed by atoms with E-state index in [1.807, 2.05) is 36.1 Å². The molecule has 1 N–H and O–H groups in total. The molecule has 216 valence electrons. The van der Waals surface area contributed by atoms with Crippen LogP contribution in [0.1, 0.15) is 35.8 Å². The zero-order valence-corrected chi connectivity index (χ0v) is 24.2. The molecule has 41 heavy (non-hydrogen) atoms. The number of aromatic nitrogens is 1. The number of methoxy groups -OCH3 is 1. The third-order valence-corrected chi connectivity index (χ3v) is 7.97. The van der Waals surface area contributed by atoms with Gasteiger partial charge in [-0.15, -0.1) is 11.3 Å². The number of rotatable bonds is 11. The Balaban J connectivity index is 1.11. The molecule has 2 heterocycles. The molecule has 1 saturated heterocycles. The van der Waals surface area contributed by atoms with Crippen LogP contribution in [0.25, 0.3) is 0 Å². The number of anilines is 2. The largest absolute Gasteiger partial charge is 0.497 e. The van der Waals surface area contributed by atoms with Gasteiger partial charge in [-0.2, -0.15) is 0 Å². The predicted octanol–water partition coefficient (Wildman–Crippen LogP) is 3.69. The highest BCUT2D eigenvalue weighted by molar-refractivity contribution is 7.13. The van der Waals surface area contributed by atoms with Crippen LogP contribution < -0.4 is 19.7 Å². The summed E-state index contributed by atoms with van der Waals surface area (Å²) in [7, 11) is 1.57. The lowest BCUT2D eigenvalue weighted by molar-refractivity contribution is -0.130. The number of amides is 3. The van der Waals surface area contributed by atoms with Crippen LogP contribution in [0.15, 0.2) is 53.9 Å². The second-order valence-electron chi connectivity index (χ2n) is 10.0. The van der Waals surface area contributed by atoms with Gasteiger partial charge in [-0.25, -0.2) is 4.98 Å². The SMILES string of the molecule is CCOc1ccccc1N1CCN(C(=O)Cc2csc(NC(=O)CN(C(=O)c3ccc(OC)cc3)C3CC3)n2)CC1. The van der Waals surface area contributed by atoms with Crippen LogP contribution in [0.5, 0.6) is 11.5 Å². The molecule has 3 aromatic rings. The molecule has 1 aliphatic carbocycles. The van der Waals surface area contributed by atoms with Crippen LogP contribution in [-0.2, 0) is 16.0 Å². The minimum Gasteiger partial charge on any atom is -0.497 e. The Morgan fingerprint density at radius 1 is 1.05 bits per heavy atom. The smallest absolute Gasteiger partial charge is 0.254 e. The quantitative estimate of drug-likeness (QED) is 0.371. The standard InChI is InChI=1S/C30H35N5O5S/c1-3-40-26-7-5-4-6-25(26)33-14-16-34(17-15-33)28(37)18-22-20-41-30(31-22)32-27(36)19-35(23-10-11-23)29(38)21-8-12-24(39-2)13-9-21/h4-9,12-13,20,23H,3,10-11,14-19H2,1-2H3,(H,31,32,36). The van der Waals surface area contributed by atoms with Gasteiger partial charge in [0.25, 0.3) is 5.91 Å². The number of carbonyl (C=O) groups excluding carboxylic acids is 3. The van der Waals surface area contributed by atoms with Gasteiger partial charge in [0, 0.05) is 43.2 Å². The third-order valence-electron chi connectivity index (χ3n) is 7.17. The Hall–Kier alpha value is -4.12. The minimum atomic E-state index is -0.311. The summed E-state index contributed by atoms with van der Waals surface area (Å²) in [5.74, 6) is 1.04. The number of para-hydroxylation sites is 2.